The van der Waals surface area contributed by atoms with E-state index < -0.39 is 23.2 Å². The van der Waals surface area contributed by atoms with Crippen LogP contribution in [-0.2, 0) is 0 Å². The number of hydrogen-bond acceptors (Lipinski definition) is 4. The first-order valence-corrected chi connectivity index (χ1v) is 9.37. The predicted octanol–water partition coefficient (Wildman–Crippen LogP) is 4.69. The molecule has 3 aromatic carbocycles. The molecule has 5 rings (SSSR count). The largest absolute Gasteiger partial charge is 0.497 e. The number of nitrogens with zero attached hydrogens (tertiary/aromatic N) is 1. The number of carbonyl (C=O) groups excluding carboxylic acids is 1. The summed E-state index contributed by atoms with van der Waals surface area (Å²) in [6.07, 6.45) is 0. The molecule has 148 valence electrons. The highest BCUT2D eigenvalue weighted by atomic mass is 19.1. The van der Waals surface area contributed by atoms with Crippen molar-refractivity contribution in [3.63, 3.8) is 0 Å². The van der Waals surface area contributed by atoms with Gasteiger partial charge in [0.15, 0.2) is 5.43 Å². The van der Waals surface area contributed by atoms with Crippen LogP contribution in [0.5, 0.6) is 5.75 Å². The standard InChI is InChI=1S/C24H16FNO4/c1-29-17-10-8-16(9-11-17)26-21(14-5-3-2-4-6-14)20-22(27)18-13-15(25)7-12-19(18)30-23(20)24(26)28/h2-13,21H,1H3. The molecular formula is C24H16FNO4. The summed E-state index contributed by atoms with van der Waals surface area (Å²) in [6.45, 7) is 0. The Balaban J connectivity index is 1.79. The molecule has 1 amide bonds. The molecule has 2 heterocycles. The third kappa shape index (κ3) is 2.69. The smallest absolute Gasteiger partial charge is 0.295 e. The van der Waals surface area contributed by atoms with Crippen molar-refractivity contribution in [1.82, 2.24) is 0 Å². The molecule has 1 aliphatic heterocycles. The summed E-state index contributed by atoms with van der Waals surface area (Å²) >= 11 is 0. The molecule has 0 aliphatic carbocycles. The molecule has 0 radical (unpaired) electrons. The van der Waals surface area contributed by atoms with Crippen molar-refractivity contribution in [2.75, 3.05) is 12.0 Å². The van der Waals surface area contributed by atoms with E-state index >= 15 is 0 Å². The van der Waals surface area contributed by atoms with Crippen LogP contribution in [-0.4, -0.2) is 13.0 Å². The fourth-order valence-electron chi connectivity index (χ4n) is 3.90. The zero-order valence-corrected chi connectivity index (χ0v) is 16.0. The zero-order chi connectivity index (χ0) is 20.8. The van der Waals surface area contributed by atoms with Crippen molar-refractivity contribution in [1.29, 1.82) is 0 Å². The number of amides is 1. The Hall–Kier alpha value is -3.93. The molecule has 0 N–H and O–H groups in total. The molecule has 4 aromatic rings. The van der Waals surface area contributed by atoms with Gasteiger partial charge in [-0.05, 0) is 48.0 Å². The Labute approximate surface area is 170 Å². The lowest BCUT2D eigenvalue weighted by molar-refractivity contribution is 0.0971. The van der Waals surface area contributed by atoms with Gasteiger partial charge in [0, 0.05) is 5.69 Å². The van der Waals surface area contributed by atoms with Crippen molar-refractivity contribution < 1.29 is 18.3 Å². The molecule has 5 nitrogen and oxygen atoms in total. The van der Waals surface area contributed by atoms with E-state index in [4.69, 9.17) is 9.15 Å². The number of carbonyl (C=O) groups is 1. The first kappa shape index (κ1) is 18.1. The number of anilines is 1. The van der Waals surface area contributed by atoms with Crippen LogP contribution < -0.4 is 15.1 Å². The molecule has 1 aliphatic rings. The molecule has 1 aromatic heterocycles. The van der Waals surface area contributed by atoms with Gasteiger partial charge in [0.1, 0.15) is 17.1 Å². The Bertz CT molecular complexity index is 1330. The number of ether oxygens (including phenoxy) is 1. The van der Waals surface area contributed by atoms with Gasteiger partial charge >= 0.3 is 0 Å². The molecular weight excluding hydrogens is 385 g/mol. The van der Waals surface area contributed by atoms with E-state index in [0.29, 0.717) is 11.4 Å². The van der Waals surface area contributed by atoms with Crippen molar-refractivity contribution in [2.24, 2.45) is 0 Å². The monoisotopic (exact) mass is 401 g/mol. The quantitative estimate of drug-likeness (QED) is 0.500. The summed E-state index contributed by atoms with van der Waals surface area (Å²) < 4.78 is 24.8. The van der Waals surface area contributed by atoms with Gasteiger partial charge in [-0.2, -0.15) is 0 Å². The molecule has 1 unspecified atom stereocenters. The average Bonchev–Trinajstić information content (AvgIpc) is 3.07. The van der Waals surface area contributed by atoms with Crippen LogP contribution in [0.3, 0.4) is 0 Å². The lowest BCUT2D eigenvalue weighted by atomic mass is 9.98. The van der Waals surface area contributed by atoms with Crippen LogP contribution in [0, 0.1) is 5.82 Å². The number of methoxy groups -OCH3 is 1. The van der Waals surface area contributed by atoms with E-state index in [1.807, 2.05) is 30.3 Å². The van der Waals surface area contributed by atoms with E-state index in [2.05, 4.69) is 0 Å². The van der Waals surface area contributed by atoms with Gasteiger partial charge in [-0.25, -0.2) is 4.39 Å². The topological polar surface area (TPSA) is 59.8 Å². The number of hydrogen-bond donors (Lipinski definition) is 0. The Kier molecular flexibility index (Phi) is 4.13. The Morgan fingerprint density at radius 3 is 2.40 bits per heavy atom. The van der Waals surface area contributed by atoms with Gasteiger partial charge in [0.2, 0.25) is 5.76 Å². The van der Waals surface area contributed by atoms with Gasteiger partial charge in [-0.3, -0.25) is 14.5 Å². The van der Waals surface area contributed by atoms with E-state index in [1.54, 1.807) is 31.4 Å². The third-order valence-corrected chi connectivity index (χ3v) is 5.30. The molecule has 1 atom stereocenters. The van der Waals surface area contributed by atoms with Crippen LogP contribution in [0.2, 0.25) is 0 Å². The molecule has 0 spiro atoms. The second-order valence-electron chi connectivity index (χ2n) is 7.00. The number of rotatable bonds is 3. The third-order valence-electron chi connectivity index (χ3n) is 5.30. The van der Waals surface area contributed by atoms with Crippen LogP contribution >= 0.6 is 0 Å². The summed E-state index contributed by atoms with van der Waals surface area (Å²) in [6, 6.07) is 19.2. The van der Waals surface area contributed by atoms with E-state index in [-0.39, 0.29) is 22.3 Å². The number of fused-ring (bicyclic) bond motifs is 2. The number of halogens is 1. The highest BCUT2D eigenvalue weighted by Crippen LogP contribution is 2.41. The Morgan fingerprint density at radius 1 is 0.967 bits per heavy atom. The highest BCUT2D eigenvalue weighted by Gasteiger charge is 2.43. The van der Waals surface area contributed by atoms with Gasteiger partial charge in [0.25, 0.3) is 5.91 Å². The van der Waals surface area contributed by atoms with Crippen LogP contribution in [0.15, 0.2) is 82.0 Å². The average molecular weight is 401 g/mol. The van der Waals surface area contributed by atoms with Crippen molar-refractivity contribution >= 4 is 22.6 Å². The second-order valence-corrected chi connectivity index (χ2v) is 7.00. The van der Waals surface area contributed by atoms with Gasteiger partial charge in [-0.1, -0.05) is 30.3 Å². The van der Waals surface area contributed by atoms with E-state index in [0.717, 1.165) is 11.6 Å². The number of benzene rings is 3. The minimum absolute atomic E-state index is 0.0243. The van der Waals surface area contributed by atoms with Crippen molar-refractivity contribution in [3.8, 4) is 5.75 Å². The lowest BCUT2D eigenvalue weighted by Crippen LogP contribution is -2.29. The maximum atomic E-state index is 13.8. The van der Waals surface area contributed by atoms with Crippen molar-refractivity contribution in [2.45, 2.75) is 6.04 Å². The summed E-state index contributed by atoms with van der Waals surface area (Å²) in [5.41, 5.74) is 1.32. The molecule has 0 saturated carbocycles. The maximum absolute atomic E-state index is 13.8. The van der Waals surface area contributed by atoms with Gasteiger partial charge in [-0.15, -0.1) is 0 Å². The normalized spacial score (nSPS) is 15.5. The highest BCUT2D eigenvalue weighted by molar-refractivity contribution is 6.10. The predicted molar refractivity (Wildman–Crippen MR) is 111 cm³/mol. The minimum atomic E-state index is -0.689. The zero-order valence-electron chi connectivity index (χ0n) is 16.0. The van der Waals surface area contributed by atoms with Crippen LogP contribution in [0.4, 0.5) is 10.1 Å². The maximum Gasteiger partial charge on any atom is 0.295 e. The molecule has 0 bridgehead atoms. The van der Waals surface area contributed by atoms with E-state index in [9.17, 15) is 14.0 Å². The fraction of sp³-hybridized carbons (Fsp3) is 0.0833. The van der Waals surface area contributed by atoms with Crippen molar-refractivity contribution in [3.05, 3.63) is 106 Å². The van der Waals surface area contributed by atoms with Crippen LogP contribution in [0.25, 0.3) is 11.0 Å². The first-order valence-electron chi connectivity index (χ1n) is 9.37. The van der Waals surface area contributed by atoms with E-state index in [1.165, 1.54) is 17.0 Å². The SMILES string of the molecule is COc1ccc(N2C(=O)c3oc4ccc(F)cc4c(=O)c3C2c2ccccc2)cc1. The lowest BCUT2D eigenvalue weighted by Gasteiger charge is -2.25. The summed E-state index contributed by atoms with van der Waals surface area (Å²) in [5.74, 6) is -0.340. The summed E-state index contributed by atoms with van der Waals surface area (Å²) in [5, 5.41) is 0.110. The molecule has 0 saturated heterocycles. The summed E-state index contributed by atoms with van der Waals surface area (Å²) in [7, 11) is 1.56. The molecule has 0 fully saturated rings. The fourth-order valence-corrected chi connectivity index (χ4v) is 3.90. The van der Waals surface area contributed by atoms with Gasteiger partial charge in [0.05, 0.1) is 24.1 Å². The summed E-state index contributed by atoms with van der Waals surface area (Å²) in [4.78, 5) is 28.3. The Morgan fingerprint density at radius 2 is 1.70 bits per heavy atom. The molecule has 30 heavy (non-hydrogen) atoms. The first-order chi connectivity index (χ1) is 14.6. The van der Waals surface area contributed by atoms with Gasteiger partial charge < -0.3 is 9.15 Å². The molecule has 6 heteroatoms. The second kappa shape index (κ2) is 6.84. The minimum Gasteiger partial charge on any atom is -0.497 e. The van der Waals surface area contributed by atoms with Crippen LogP contribution in [0.1, 0.15) is 27.7 Å².